The molecule has 0 amide bonds. The number of rotatable bonds is 16. The molecule has 0 aromatic heterocycles. The van der Waals surface area contributed by atoms with E-state index in [1.165, 1.54) is 83.5 Å². The Morgan fingerprint density at radius 1 is 0.560 bits per heavy atom. The minimum atomic E-state index is -2.33. The van der Waals surface area contributed by atoms with Crippen LogP contribution in [0.25, 0.3) is 0 Å². The van der Waals surface area contributed by atoms with Gasteiger partial charge in [-0.2, -0.15) is 0 Å². The van der Waals surface area contributed by atoms with Crippen LogP contribution in [-0.2, 0) is 4.79 Å². The summed E-state index contributed by atoms with van der Waals surface area (Å²) in [6.45, 7) is 2.27. The molecule has 0 bridgehead atoms. The van der Waals surface area contributed by atoms with E-state index in [9.17, 15) is 9.90 Å². The largest absolute Gasteiger partial charge is 1.00 e. The zero-order valence-corrected chi connectivity index (χ0v) is 18.4. The van der Waals surface area contributed by atoms with E-state index in [1.807, 2.05) is 0 Å². The van der Waals surface area contributed by atoms with Crippen LogP contribution in [0.2, 0.25) is 0 Å². The second-order valence-electron chi connectivity index (χ2n) is 6.32. The van der Waals surface area contributed by atoms with Crippen LogP contribution in [-0.4, -0.2) is 12.1 Å². The molecule has 0 N–H and O–H groups in total. The van der Waals surface area contributed by atoms with Gasteiger partial charge in [-0.25, -0.2) is 0 Å². The van der Waals surface area contributed by atoms with Crippen molar-refractivity contribution in [1.29, 1.82) is 0 Å². The SMILES string of the molecule is CCCCCCCCCCCCCCCCCC(=O)[O-].O=C([O-])[O-].[Na+]. The molecule has 0 rings (SSSR count). The van der Waals surface area contributed by atoms with Crippen molar-refractivity contribution < 1.29 is 54.5 Å². The fourth-order valence-corrected chi connectivity index (χ4v) is 2.64. The number of carboxylic acids is 1. The standard InChI is InChI=1S/C18H36O2.CH2O3.Na/c1-2-3-4-5-6-7-8-9-10-11-12-13-14-15-16-17-18(19)20;2-1(3)4;/h2-17H2,1H3,(H,19,20);(H2,2,3,4);/q;;+1/p-3. The minimum Gasteiger partial charge on any atom is -0.652 e. The van der Waals surface area contributed by atoms with Gasteiger partial charge in [0, 0.05) is 5.97 Å². The molecule has 0 aromatic rings. The van der Waals surface area contributed by atoms with Crippen molar-refractivity contribution in [2.24, 2.45) is 0 Å². The van der Waals surface area contributed by atoms with Crippen LogP contribution >= 0.6 is 0 Å². The summed E-state index contributed by atoms with van der Waals surface area (Å²) in [7, 11) is 0. The van der Waals surface area contributed by atoms with Crippen LogP contribution in [0.1, 0.15) is 110 Å². The Balaban J connectivity index is -0.000000867. The molecule has 0 heterocycles. The van der Waals surface area contributed by atoms with E-state index in [4.69, 9.17) is 15.0 Å². The van der Waals surface area contributed by atoms with Crippen LogP contribution in [0.5, 0.6) is 0 Å². The molecular formula is C19H35NaO5-2. The summed E-state index contributed by atoms with van der Waals surface area (Å²) in [5.74, 6) is -0.903. The molecule has 0 unspecified atom stereocenters. The molecule has 0 saturated heterocycles. The summed E-state index contributed by atoms with van der Waals surface area (Å²) < 4.78 is 0. The van der Waals surface area contributed by atoms with Gasteiger partial charge >= 0.3 is 29.6 Å². The maximum absolute atomic E-state index is 10.2. The minimum absolute atomic E-state index is 0. The monoisotopic (exact) mass is 366 g/mol. The Labute approximate surface area is 175 Å². The molecule has 0 aliphatic carbocycles. The van der Waals surface area contributed by atoms with Crippen LogP contribution in [0.3, 0.4) is 0 Å². The molecule has 0 aromatic carbocycles. The zero-order valence-electron chi connectivity index (χ0n) is 16.4. The first-order valence-electron chi connectivity index (χ1n) is 9.58. The summed E-state index contributed by atoms with van der Waals surface area (Å²) in [5, 5.41) is 26.9. The van der Waals surface area contributed by atoms with E-state index in [0.29, 0.717) is 0 Å². The third kappa shape index (κ3) is 40.0. The summed E-state index contributed by atoms with van der Waals surface area (Å²) in [6, 6.07) is 0. The van der Waals surface area contributed by atoms with Crippen molar-refractivity contribution in [3.05, 3.63) is 0 Å². The molecule has 0 aliphatic heterocycles. The van der Waals surface area contributed by atoms with Gasteiger partial charge in [-0.1, -0.05) is 96.8 Å². The summed E-state index contributed by atoms with van der Waals surface area (Å²) in [5.41, 5.74) is 0. The van der Waals surface area contributed by atoms with Crippen molar-refractivity contribution in [2.75, 3.05) is 0 Å². The number of hydrogen-bond donors (Lipinski definition) is 0. The molecule has 0 fully saturated rings. The molecule has 6 heteroatoms. The Kier molecular flexibility index (Phi) is 30.7. The second kappa shape index (κ2) is 26.0. The molecule has 144 valence electrons. The van der Waals surface area contributed by atoms with Crippen molar-refractivity contribution >= 4 is 12.1 Å². The van der Waals surface area contributed by atoms with Crippen LogP contribution < -0.4 is 44.9 Å². The number of carbonyl (C=O) groups excluding carboxylic acids is 2. The molecule has 5 nitrogen and oxygen atoms in total. The van der Waals surface area contributed by atoms with Gasteiger partial charge in [0.05, 0.1) is 0 Å². The van der Waals surface area contributed by atoms with Gasteiger partial charge in [0.15, 0.2) is 0 Å². The average molecular weight is 366 g/mol. The molecular weight excluding hydrogens is 331 g/mol. The van der Waals surface area contributed by atoms with Gasteiger partial charge in [-0.3, -0.25) is 0 Å². The van der Waals surface area contributed by atoms with Crippen molar-refractivity contribution in [3.63, 3.8) is 0 Å². The smallest absolute Gasteiger partial charge is 0.652 e. The number of carbonyl (C=O) groups is 2. The Bertz CT molecular complexity index is 281. The summed E-state index contributed by atoms with van der Waals surface area (Å²) in [6.07, 6.45) is 17.5. The fourth-order valence-electron chi connectivity index (χ4n) is 2.64. The Morgan fingerprint density at radius 3 is 1.04 bits per heavy atom. The van der Waals surface area contributed by atoms with Gasteiger partial charge in [-0.15, -0.1) is 0 Å². The third-order valence-electron chi connectivity index (χ3n) is 3.98. The summed E-state index contributed by atoms with van der Waals surface area (Å²) in [4.78, 5) is 18.6. The first-order chi connectivity index (χ1) is 11.5. The van der Waals surface area contributed by atoms with Crippen molar-refractivity contribution in [3.8, 4) is 0 Å². The Hall–Kier alpha value is -0.260. The number of unbranched alkanes of at least 4 members (excludes halogenated alkanes) is 14. The van der Waals surface area contributed by atoms with Crippen molar-refractivity contribution in [1.82, 2.24) is 0 Å². The van der Waals surface area contributed by atoms with Crippen LogP contribution in [0.4, 0.5) is 4.79 Å². The second-order valence-corrected chi connectivity index (χ2v) is 6.32. The van der Waals surface area contributed by atoms with E-state index < -0.39 is 12.1 Å². The van der Waals surface area contributed by atoms with Gasteiger partial charge < -0.3 is 24.9 Å². The maximum Gasteiger partial charge on any atom is 1.00 e. The molecule has 0 atom stereocenters. The maximum atomic E-state index is 10.2. The zero-order chi connectivity index (χ0) is 18.5. The molecule has 0 spiro atoms. The van der Waals surface area contributed by atoms with E-state index >= 15 is 0 Å². The topological polar surface area (TPSA) is 103 Å². The predicted molar refractivity (Wildman–Crippen MR) is 89.9 cm³/mol. The predicted octanol–water partition coefficient (Wildman–Crippen LogP) is -0.445. The van der Waals surface area contributed by atoms with E-state index in [0.717, 1.165) is 12.8 Å². The third-order valence-corrected chi connectivity index (χ3v) is 3.98. The molecule has 0 radical (unpaired) electrons. The van der Waals surface area contributed by atoms with E-state index in [1.54, 1.807) is 0 Å². The van der Waals surface area contributed by atoms with Gasteiger partial charge in [0.2, 0.25) is 0 Å². The average Bonchev–Trinajstić information content (AvgIpc) is 2.50. The van der Waals surface area contributed by atoms with Gasteiger partial charge in [0.25, 0.3) is 0 Å². The van der Waals surface area contributed by atoms with Gasteiger partial charge in [0.1, 0.15) is 0 Å². The summed E-state index contributed by atoms with van der Waals surface area (Å²) >= 11 is 0. The van der Waals surface area contributed by atoms with Crippen molar-refractivity contribution in [2.45, 2.75) is 110 Å². The van der Waals surface area contributed by atoms with E-state index in [-0.39, 0.29) is 36.0 Å². The quantitative estimate of drug-likeness (QED) is 0.272. The Morgan fingerprint density at radius 2 is 0.800 bits per heavy atom. The number of carboxylic acid groups (broad SMARTS) is 3. The molecule has 25 heavy (non-hydrogen) atoms. The van der Waals surface area contributed by atoms with Gasteiger partial charge in [-0.05, 0) is 19.0 Å². The first-order valence-corrected chi connectivity index (χ1v) is 9.58. The number of hydrogen-bond acceptors (Lipinski definition) is 5. The fraction of sp³-hybridized carbons (Fsp3) is 0.895. The molecule has 0 saturated carbocycles. The van der Waals surface area contributed by atoms with E-state index in [2.05, 4.69) is 6.92 Å². The normalized spacial score (nSPS) is 9.64. The van der Waals surface area contributed by atoms with Crippen LogP contribution in [0.15, 0.2) is 0 Å². The molecule has 0 aliphatic rings. The number of aliphatic carboxylic acids is 1. The van der Waals surface area contributed by atoms with Crippen LogP contribution in [0, 0.1) is 0 Å². The first kappa shape index (κ1) is 29.5.